The van der Waals surface area contributed by atoms with E-state index in [0.717, 1.165) is 70.6 Å². The van der Waals surface area contributed by atoms with Gasteiger partial charge in [-0.25, -0.2) is 4.79 Å². The molecule has 484 valence electrons. The molecule has 0 radical (unpaired) electrons. The van der Waals surface area contributed by atoms with Crippen LogP contribution in [0.4, 0.5) is 0 Å². The third-order valence-corrected chi connectivity index (χ3v) is 16.2. The van der Waals surface area contributed by atoms with E-state index in [2.05, 4.69) is 57.2 Å². The number of hydrogen-bond acceptors (Lipinski definition) is 11. The monoisotopic (exact) mass is 1170 g/mol. The van der Waals surface area contributed by atoms with Gasteiger partial charge in [-0.3, -0.25) is 14.4 Å². The summed E-state index contributed by atoms with van der Waals surface area (Å²) in [6.07, 6.45) is 59.5. The molecule has 1 aliphatic heterocycles. The average molecular weight is 1170 g/mol. The molecule has 0 aromatic carbocycles. The van der Waals surface area contributed by atoms with E-state index >= 15 is 0 Å². The van der Waals surface area contributed by atoms with E-state index in [1.165, 1.54) is 212 Å². The van der Waals surface area contributed by atoms with Crippen LogP contribution in [0, 0.1) is 0 Å². The topological polar surface area (TPSA) is 175 Å². The fourth-order valence-electron chi connectivity index (χ4n) is 10.8. The molecule has 12 heteroatoms. The van der Waals surface area contributed by atoms with E-state index in [1.807, 2.05) is 0 Å². The van der Waals surface area contributed by atoms with Crippen molar-refractivity contribution < 1.29 is 58.2 Å². The second-order valence-corrected chi connectivity index (χ2v) is 24.2. The first kappa shape index (κ1) is 78.0. The summed E-state index contributed by atoms with van der Waals surface area (Å²) in [5.74, 6) is -3.09. The van der Waals surface area contributed by atoms with Gasteiger partial charge in [-0.1, -0.05) is 282 Å². The summed E-state index contributed by atoms with van der Waals surface area (Å²) < 4.78 is 28.6. The third-order valence-electron chi connectivity index (χ3n) is 16.2. The van der Waals surface area contributed by atoms with E-state index in [-0.39, 0.29) is 25.9 Å². The minimum atomic E-state index is -1.90. The Balaban J connectivity index is 2.62. The Labute approximate surface area is 508 Å². The van der Waals surface area contributed by atoms with Crippen LogP contribution in [0.3, 0.4) is 0 Å². The van der Waals surface area contributed by atoms with Gasteiger partial charge in [-0.15, -0.1) is 0 Å². The standard InChI is InChI=1S/C71H128O12/c1-4-7-10-13-16-19-22-25-28-30-32-34-37-39-42-45-48-51-54-57-63(72)79-60-62(81-64(73)58-55-52-49-46-43-41-38-35-33-31-29-26-23-20-17-14-11-8-5-2)61-80-71-69(67(76)66(75)68(83-71)70(77)78)82-65(74)59-56-53-50-47-44-40-36-27-24-21-18-15-12-9-6-3/h16,19,25-26,28-29,62,66-69,71,75-76H,4-15,17-18,20-24,27,30-61H2,1-3H3,(H,77,78)/b19-16-,28-25-,29-26-. The molecule has 0 bridgehead atoms. The fraction of sp³-hybridized carbons (Fsp3) is 0.859. The van der Waals surface area contributed by atoms with E-state index in [9.17, 15) is 34.5 Å². The summed E-state index contributed by atoms with van der Waals surface area (Å²) in [5.41, 5.74) is 0. The van der Waals surface area contributed by atoms with Crippen LogP contribution in [-0.4, -0.2) is 89.2 Å². The zero-order chi connectivity index (χ0) is 60.3. The summed E-state index contributed by atoms with van der Waals surface area (Å²) in [6, 6.07) is 0. The first-order chi connectivity index (χ1) is 40.6. The van der Waals surface area contributed by atoms with Crippen LogP contribution in [0.1, 0.15) is 342 Å². The van der Waals surface area contributed by atoms with Crippen molar-refractivity contribution in [3.8, 4) is 0 Å². The maximum absolute atomic E-state index is 13.2. The van der Waals surface area contributed by atoms with Crippen LogP contribution in [0.5, 0.6) is 0 Å². The number of carbonyl (C=O) groups excluding carboxylic acids is 3. The summed E-state index contributed by atoms with van der Waals surface area (Å²) in [5, 5.41) is 31.6. The van der Waals surface area contributed by atoms with Gasteiger partial charge in [0.15, 0.2) is 24.6 Å². The molecule has 1 rings (SSSR count). The molecular formula is C71H128O12. The highest BCUT2D eigenvalue weighted by Gasteiger charge is 2.50. The number of hydrogen-bond donors (Lipinski definition) is 3. The highest BCUT2D eigenvalue weighted by Crippen LogP contribution is 2.27. The molecule has 6 unspecified atom stereocenters. The van der Waals surface area contributed by atoms with E-state index in [0.29, 0.717) is 19.3 Å². The predicted molar refractivity (Wildman–Crippen MR) is 340 cm³/mol. The lowest BCUT2D eigenvalue weighted by Gasteiger charge is -2.40. The van der Waals surface area contributed by atoms with Crippen molar-refractivity contribution in [2.45, 2.75) is 379 Å². The first-order valence-corrected chi connectivity index (χ1v) is 35.0. The molecule has 0 aromatic rings. The normalized spacial score (nSPS) is 17.7. The molecule has 12 nitrogen and oxygen atoms in total. The molecule has 0 aromatic heterocycles. The minimum Gasteiger partial charge on any atom is -0.479 e. The van der Waals surface area contributed by atoms with Crippen molar-refractivity contribution in [2.24, 2.45) is 0 Å². The Morgan fingerprint density at radius 3 is 1.12 bits per heavy atom. The Bertz CT molecular complexity index is 1580. The van der Waals surface area contributed by atoms with Crippen molar-refractivity contribution >= 4 is 23.9 Å². The number of unbranched alkanes of at least 4 members (excludes halogenated alkanes) is 41. The lowest BCUT2D eigenvalue weighted by Crippen LogP contribution is -2.61. The molecule has 1 heterocycles. The smallest absolute Gasteiger partial charge is 0.335 e. The zero-order valence-corrected chi connectivity index (χ0v) is 53.7. The highest BCUT2D eigenvalue weighted by atomic mass is 16.7. The maximum atomic E-state index is 13.2. The van der Waals surface area contributed by atoms with Gasteiger partial charge in [0.1, 0.15) is 18.8 Å². The van der Waals surface area contributed by atoms with Gasteiger partial charge in [-0.05, 0) is 77.0 Å². The molecule has 0 amide bonds. The summed E-state index contributed by atoms with van der Waals surface area (Å²) in [7, 11) is 0. The van der Waals surface area contributed by atoms with Crippen molar-refractivity contribution in [1.29, 1.82) is 0 Å². The second kappa shape index (κ2) is 59.3. The van der Waals surface area contributed by atoms with Crippen LogP contribution in [0.2, 0.25) is 0 Å². The molecule has 0 spiro atoms. The van der Waals surface area contributed by atoms with Gasteiger partial charge in [0.2, 0.25) is 0 Å². The largest absolute Gasteiger partial charge is 0.479 e. The number of carbonyl (C=O) groups is 4. The van der Waals surface area contributed by atoms with Crippen molar-refractivity contribution in [1.82, 2.24) is 0 Å². The lowest BCUT2D eigenvalue weighted by molar-refractivity contribution is -0.301. The van der Waals surface area contributed by atoms with Gasteiger partial charge < -0.3 is 39.0 Å². The Morgan fingerprint density at radius 1 is 0.398 bits per heavy atom. The summed E-state index contributed by atoms with van der Waals surface area (Å²) in [4.78, 5) is 51.4. The SMILES string of the molecule is CCCCC/C=C\C/C=C\CCCCCCCCCCCC(=O)OCC(COC1OC(C(=O)O)C(O)C(O)C1OC(=O)CCCCCCCCCCCCCCCCC)OC(=O)CCCCCCCCCCC/C=C\CCCCCCCC. The highest BCUT2D eigenvalue weighted by molar-refractivity contribution is 5.74. The van der Waals surface area contributed by atoms with Crippen LogP contribution in [0.15, 0.2) is 36.5 Å². The fourth-order valence-corrected chi connectivity index (χ4v) is 10.8. The number of carboxylic acid groups (broad SMARTS) is 1. The van der Waals surface area contributed by atoms with Gasteiger partial charge >= 0.3 is 23.9 Å². The first-order valence-electron chi connectivity index (χ1n) is 35.0. The minimum absolute atomic E-state index is 0.0660. The number of ether oxygens (including phenoxy) is 5. The quantitative estimate of drug-likeness (QED) is 0.0228. The van der Waals surface area contributed by atoms with Gasteiger partial charge in [-0.2, -0.15) is 0 Å². The van der Waals surface area contributed by atoms with Crippen LogP contribution < -0.4 is 0 Å². The van der Waals surface area contributed by atoms with Gasteiger partial charge in [0, 0.05) is 19.3 Å². The van der Waals surface area contributed by atoms with Crippen LogP contribution in [0.25, 0.3) is 0 Å². The molecule has 0 saturated carbocycles. The molecular weight excluding hydrogens is 1040 g/mol. The Hall–Kier alpha value is -3.06. The summed E-state index contributed by atoms with van der Waals surface area (Å²) in [6.45, 7) is 6.03. The molecule has 6 atom stereocenters. The van der Waals surface area contributed by atoms with Crippen molar-refractivity contribution in [3.63, 3.8) is 0 Å². The maximum Gasteiger partial charge on any atom is 0.335 e. The van der Waals surface area contributed by atoms with Gasteiger partial charge in [0.25, 0.3) is 0 Å². The Morgan fingerprint density at radius 2 is 0.723 bits per heavy atom. The summed E-state index contributed by atoms with van der Waals surface area (Å²) >= 11 is 0. The number of allylic oxidation sites excluding steroid dienone is 6. The molecule has 0 aliphatic carbocycles. The number of rotatable bonds is 61. The van der Waals surface area contributed by atoms with E-state index in [4.69, 9.17) is 23.7 Å². The van der Waals surface area contributed by atoms with Crippen LogP contribution >= 0.6 is 0 Å². The van der Waals surface area contributed by atoms with Crippen molar-refractivity contribution in [2.75, 3.05) is 13.2 Å². The van der Waals surface area contributed by atoms with E-state index in [1.54, 1.807) is 0 Å². The third kappa shape index (κ3) is 48.7. The van der Waals surface area contributed by atoms with Gasteiger partial charge in [0.05, 0.1) is 6.61 Å². The second-order valence-electron chi connectivity index (χ2n) is 24.2. The number of aliphatic hydroxyl groups excluding tert-OH is 2. The molecule has 83 heavy (non-hydrogen) atoms. The number of carboxylic acids is 1. The Kier molecular flexibility index (Phi) is 55.7. The van der Waals surface area contributed by atoms with E-state index < -0.39 is 67.3 Å². The molecule has 1 aliphatic rings. The van der Waals surface area contributed by atoms with Crippen LogP contribution in [-0.2, 0) is 42.9 Å². The zero-order valence-electron chi connectivity index (χ0n) is 53.7. The van der Waals surface area contributed by atoms with Crippen molar-refractivity contribution in [3.05, 3.63) is 36.5 Å². The number of aliphatic carboxylic acids is 1. The average Bonchev–Trinajstić information content (AvgIpc) is 3.58. The number of esters is 3. The molecule has 3 N–H and O–H groups in total. The molecule has 1 fully saturated rings. The predicted octanol–water partition coefficient (Wildman–Crippen LogP) is 19.1. The molecule has 1 saturated heterocycles. The number of aliphatic hydroxyl groups is 2. The lowest BCUT2D eigenvalue weighted by atomic mass is 9.98.